The van der Waals surface area contributed by atoms with E-state index in [0.717, 1.165) is 12.3 Å². The lowest BCUT2D eigenvalue weighted by Crippen LogP contribution is -1.95. The van der Waals surface area contributed by atoms with Crippen LogP contribution in [0.25, 0.3) is 0 Å². The van der Waals surface area contributed by atoms with Crippen molar-refractivity contribution >= 4 is 0 Å². The minimum Gasteiger partial charge on any atom is -0.389 e. The van der Waals surface area contributed by atoms with Crippen molar-refractivity contribution < 1.29 is 5.11 Å². The first-order valence-electron chi connectivity index (χ1n) is 4.37. The second-order valence-corrected chi connectivity index (χ2v) is 3.69. The standard InChI is InChI=1S/C10H20O/c1-8(2)5-6-9(3)7-10(4)11/h7-8,10-11H,5-6H2,1-4H3/b9-7+. The van der Waals surface area contributed by atoms with Crippen LogP contribution < -0.4 is 0 Å². The van der Waals surface area contributed by atoms with Crippen molar-refractivity contribution in [3.05, 3.63) is 11.6 Å². The summed E-state index contributed by atoms with van der Waals surface area (Å²) in [5.41, 5.74) is 1.30. The lowest BCUT2D eigenvalue weighted by Gasteiger charge is -2.05. The number of rotatable bonds is 4. The van der Waals surface area contributed by atoms with Gasteiger partial charge in [-0.05, 0) is 32.6 Å². The maximum atomic E-state index is 9.01. The van der Waals surface area contributed by atoms with Gasteiger partial charge in [-0.3, -0.25) is 0 Å². The molecule has 0 rings (SSSR count). The van der Waals surface area contributed by atoms with Gasteiger partial charge in [0.15, 0.2) is 0 Å². The summed E-state index contributed by atoms with van der Waals surface area (Å²) in [4.78, 5) is 0. The third-order valence-corrected chi connectivity index (χ3v) is 1.64. The normalized spacial score (nSPS) is 15.6. The molecule has 1 unspecified atom stereocenters. The van der Waals surface area contributed by atoms with E-state index in [0.29, 0.717) is 0 Å². The van der Waals surface area contributed by atoms with Gasteiger partial charge in [-0.1, -0.05) is 25.5 Å². The van der Waals surface area contributed by atoms with Gasteiger partial charge in [0, 0.05) is 0 Å². The van der Waals surface area contributed by atoms with Gasteiger partial charge in [-0.25, -0.2) is 0 Å². The lowest BCUT2D eigenvalue weighted by molar-refractivity contribution is 0.243. The molecule has 0 saturated heterocycles. The topological polar surface area (TPSA) is 20.2 Å². The fourth-order valence-corrected chi connectivity index (χ4v) is 1.01. The summed E-state index contributed by atoms with van der Waals surface area (Å²) in [7, 11) is 0. The van der Waals surface area contributed by atoms with E-state index >= 15 is 0 Å². The van der Waals surface area contributed by atoms with Gasteiger partial charge in [0.25, 0.3) is 0 Å². The number of allylic oxidation sites excluding steroid dienone is 1. The van der Waals surface area contributed by atoms with E-state index in [4.69, 9.17) is 5.11 Å². The molecule has 1 nitrogen and oxygen atoms in total. The number of aliphatic hydroxyl groups is 1. The summed E-state index contributed by atoms with van der Waals surface area (Å²) < 4.78 is 0. The molecular formula is C10H20O. The molecule has 0 fully saturated rings. The zero-order valence-corrected chi connectivity index (χ0v) is 8.09. The lowest BCUT2D eigenvalue weighted by atomic mass is 10.0. The van der Waals surface area contributed by atoms with Crippen molar-refractivity contribution in [3.63, 3.8) is 0 Å². The van der Waals surface area contributed by atoms with E-state index < -0.39 is 0 Å². The zero-order valence-electron chi connectivity index (χ0n) is 8.09. The van der Waals surface area contributed by atoms with Crippen LogP contribution in [0, 0.1) is 5.92 Å². The molecule has 0 aliphatic rings. The highest BCUT2D eigenvalue weighted by Gasteiger charge is 1.96. The van der Waals surface area contributed by atoms with Gasteiger partial charge in [0.05, 0.1) is 6.10 Å². The molecule has 1 heteroatoms. The van der Waals surface area contributed by atoms with Crippen LogP contribution in [0.3, 0.4) is 0 Å². The van der Waals surface area contributed by atoms with Crippen molar-refractivity contribution in [2.24, 2.45) is 5.92 Å². The van der Waals surface area contributed by atoms with Crippen LogP contribution in [0.5, 0.6) is 0 Å². The summed E-state index contributed by atoms with van der Waals surface area (Å²) in [6.45, 7) is 8.30. The Labute approximate surface area is 70.1 Å². The van der Waals surface area contributed by atoms with Crippen molar-refractivity contribution in [1.29, 1.82) is 0 Å². The Balaban J connectivity index is 3.59. The molecule has 0 aromatic heterocycles. The van der Waals surface area contributed by atoms with Crippen molar-refractivity contribution in [2.45, 2.75) is 46.6 Å². The first-order valence-corrected chi connectivity index (χ1v) is 4.37. The molecule has 0 bridgehead atoms. The molecule has 1 N–H and O–H groups in total. The molecular weight excluding hydrogens is 136 g/mol. The molecule has 66 valence electrons. The van der Waals surface area contributed by atoms with Crippen LogP contribution in [0.15, 0.2) is 11.6 Å². The van der Waals surface area contributed by atoms with Crippen LogP contribution >= 0.6 is 0 Å². The SMILES string of the molecule is C/C(=C\C(C)O)CCC(C)C. The van der Waals surface area contributed by atoms with E-state index in [1.54, 1.807) is 6.92 Å². The molecule has 0 aliphatic carbocycles. The molecule has 0 heterocycles. The van der Waals surface area contributed by atoms with E-state index in [1.807, 2.05) is 6.08 Å². The zero-order chi connectivity index (χ0) is 8.85. The first kappa shape index (κ1) is 10.7. The van der Waals surface area contributed by atoms with E-state index in [-0.39, 0.29) is 6.10 Å². The van der Waals surface area contributed by atoms with Crippen LogP contribution in [-0.4, -0.2) is 11.2 Å². The summed E-state index contributed by atoms with van der Waals surface area (Å²) in [6.07, 6.45) is 3.96. The number of hydrogen-bond acceptors (Lipinski definition) is 1. The molecule has 11 heavy (non-hydrogen) atoms. The molecule has 1 atom stereocenters. The molecule has 0 aromatic rings. The predicted octanol–water partition coefficient (Wildman–Crippen LogP) is 2.75. The Morgan fingerprint density at radius 3 is 2.27 bits per heavy atom. The Morgan fingerprint density at radius 1 is 1.36 bits per heavy atom. The van der Waals surface area contributed by atoms with Gasteiger partial charge < -0.3 is 5.11 Å². The smallest absolute Gasteiger partial charge is 0.0695 e. The van der Waals surface area contributed by atoms with E-state index in [9.17, 15) is 0 Å². The van der Waals surface area contributed by atoms with Crippen LogP contribution in [-0.2, 0) is 0 Å². The van der Waals surface area contributed by atoms with Gasteiger partial charge in [0.2, 0.25) is 0 Å². The number of hydrogen-bond donors (Lipinski definition) is 1. The highest BCUT2D eigenvalue weighted by atomic mass is 16.3. The maximum absolute atomic E-state index is 9.01. The molecule has 0 spiro atoms. The largest absolute Gasteiger partial charge is 0.389 e. The van der Waals surface area contributed by atoms with Crippen molar-refractivity contribution in [1.82, 2.24) is 0 Å². The van der Waals surface area contributed by atoms with Crippen LogP contribution in [0.4, 0.5) is 0 Å². The van der Waals surface area contributed by atoms with Gasteiger partial charge >= 0.3 is 0 Å². The Hall–Kier alpha value is -0.300. The average molecular weight is 156 g/mol. The minimum absolute atomic E-state index is 0.290. The van der Waals surface area contributed by atoms with Gasteiger partial charge in [0.1, 0.15) is 0 Å². The molecule has 0 radical (unpaired) electrons. The Bertz CT molecular complexity index is 123. The van der Waals surface area contributed by atoms with Crippen LogP contribution in [0.2, 0.25) is 0 Å². The highest BCUT2D eigenvalue weighted by Crippen LogP contribution is 2.10. The Morgan fingerprint density at radius 2 is 1.91 bits per heavy atom. The summed E-state index contributed by atoms with van der Waals surface area (Å²) in [5, 5.41) is 9.01. The molecule has 0 saturated carbocycles. The summed E-state index contributed by atoms with van der Waals surface area (Å²) in [5.74, 6) is 0.757. The fourth-order valence-electron chi connectivity index (χ4n) is 1.01. The molecule has 0 aromatic carbocycles. The van der Waals surface area contributed by atoms with Crippen molar-refractivity contribution in [3.8, 4) is 0 Å². The number of aliphatic hydroxyl groups excluding tert-OH is 1. The van der Waals surface area contributed by atoms with Crippen molar-refractivity contribution in [2.75, 3.05) is 0 Å². The van der Waals surface area contributed by atoms with Crippen LogP contribution in [0.1, 0.15) is 40.5 Å². The van der Waals surface area contributed by atoms with Gasteiger partial charge in [-0.2, -0.15) is 0 Å². The van der Waals surface area contributed by atoms with Gasteiger partial charge in [-0.15, -0.1) is 0 Å². The fraction of sp³-hybridized carbons (Fsp3) is 0.800. The first-order chi connectivity index (χ1) is 5.02. The molecule has 0 aliphatic heterocycles. The minimum atomic E-state index is -0.290. The monoisotopic (exact) mass is 156 g/mol. The summed E-state index contributed by atoms with van der Waals surface area (Å²) >= 11 is 0. The quantitative estimate of drug-likeness (QED) is 0.620. The van der Waals surface area contributed by atoms with E-state index in [1.165, 1.54) is 12.0 Å². The molecule has 0 amide bonds. The van der Waals surface area contributed by atoms with E-state index in [2.05, 4.69) is 20.8 Å². The second-order valence-electron chi connectivity index (χ2n) is 3.69. The predicted molar refractivity (Wildman–Crippen MR) is 49.5 cm³/mol. The third-order valence-electron chi connectivity index (χ3n) is 1.64. The third kappa shape index (κ3) is 7.60. The highest BCUT2D eigenvalue weighted by molar-refractivity contribution is 5.00. The Kier molecular flexibility index (Phi) is 5.22. The maximum Gasteiger partial charge on any atom is 0.0695 e. The average Bonchev–Trinajstić information content (AvgIpc) is 1.82. The summed E-state index contributed by atoms with van der Waals surface area (Å²) in [6, 6.07) is 0. The second kappa shape index (κ2) is 5.36.